The van der Waals surface area contributed by atoms with Crippen LogP contribution < -0.4 is 15.2 Å². The van der Waals surface area contributed by atoms with Gasteiger partial charge in [-0.1, -0.05) is 29.8 Å². The Labute approximate surface area is 109 Å². The second-order valence-corrected chi connectivity index (χ2v) is 5.34. The molecule has 2 rings (SSSR count). The molecule has 0 aromatic heterocycles. The number of fused-ring (bicyclic) bond motifs is 1. The number of ether oxygens (including phenoxy) is 2. The summed E-state index contributed by atoms with van der Waals surface area (Å²) in [6, 6.07) is 3.20. The molecule has 1 aliphatic rings. The zero-order valence-corrected chi connectivity index (χ0v) is 11.4. The lowest BCUT2D eigenvalue weighted by molar-refractivity contribution is 0.0976. The van der Waals surface area contributed by atoms with E-state index < -0.39 is 12.1 Å². The van der Waals surface area contributed by atoms with E-state index in [-0.39, 0.29) is 12.7 Å². The van der Waals surface area contributed by atoms with Crippen molar-refractivity contribution in [3.05, 3.63) is 22.2 Å². The first kappa shape index (κ1) is 12.7. The van der Waals surface area contributed by atoms with E-state index in [1.54, 1.807) is 0 Å². The second-order valence-electron chi connectivity index (χ2n) is 4.49. The number of benzene rings is 1. The van der Waals surface area contributed by atoms with Crippen molar-refractivity contribution in [2.24, 2.45) is 11.7 Å². The summed E-state index contributed by atoms with van der Waals surface area (Å²) < 4.78 is 11.4. The van der Waals surface area contributed by atoms with Crippen molar-refractivity contribution in [1.82, 2.24) is 0 Å². The minimum atomic E-state index is -0.591. The molecule has 0 amide bonds. The highest BCUT2D eigenvalue weighted by atomic mass is 79.9. The SMILES string of the molecule is CC(C)[C@H](O)[C@H](N)c1cc2c(cc1Br)OCO2. The summed E-state index contributed by atoms with van der Waals surface area (Å²) in [5.41, 5.74) is 6.89. The number of nitrogens with two attached hydrogens (primary N) is 1. The van der Waals surface area contributed by atoms with Gasteiger partial charge in [-0.05, 0) is 23.6 Å². The van der Waals surface area contributed by atoms with Crippen LogP contribution in [0.25, 0.3) is 0 Å². The van der Waals surface area contributed by atoms with Crippen LogP contribution in [0.4, 0.5) is 0 Å². The zero-order valence-electron chi connectivity index (χ0n) is 9.81. The van der Waals surface area contributed by atoms with E-state index in [1.165, 1.54) is 0 Å². The zero-order chi connectivity index (χ0) is 12.6. The molecule has 0 bridgehead atoms. The average Bonchev–Trinajstić information content (AvgIpc) is 2.72. The number of aliphatic hydroxyl groups excluding tert-OH is 1. The monoisotopic (exact) mass is 301 g/mol. The molecule has 0 saturated carbocycles. The van der Waals surface area contributed by atoms with Crippen molar-refractivity contribution in [1.29, 1.82) is 0 Å². The van der Waals surface area contributed by atoms with E-state index in [4.69, 9.17) is 15.2 Å². The molecule has 1 aliphatic heterocycles. The lowest BCUT2D eigenvalue weighted by Crippen LogP contribution is -2.30. The van der Waals surface area contributed by atoms with Gasteiger partial charge in [-0.15, -0.1) is 0 Å². The Kier molecular flexibility index (Phi) is 3.61. The fraction of sp³-hybridized carbons (Fsp3) is 0.500. The van der Waals surface area contributed by atoms with Crippen LogP contribution in [0.1, 0.15) is 25.5 Å². The molecule has 1 aromatic carbocycles. The summed E-state index contributed by atoms with van der Waals surface area (Å²) >= 11 is 3.44. The lowest BCUT2D eigenvalue weighted by Gasteiger charge is -2.23. The van der Waals surface area contributed by atoms with E-state index in [1.807, 2.05) is 26.0 Å². The highest BCUT2D eigenvalue weighted by Gasteiger charge is 2.25. The van der Waals surface area contributed by atoms with E-state index in [2.05, 4.69) is 15.9 Å². The van der Waals surface area contributed by atoms with Gasteiger partial charge in [0.05, 0.1) is 12.1 Å². The average molecular weight is 302 g/mol. The minimum absolute atomic E-state index is 0.0994. The Hall–Kier alpha value is -0.780. The van der Waals surface area contributed by atoms with Gasteiger partial charge in [-0.3, -0.25) is 0 Å². The molecule has 0 unspecified atom stereocenters. The van der Waals surface area contributed by atoms with E-state index in [0.29, 0.717) is 11.5 Å². The van der Waals surface area contributed by atoms with Crippen LogP contribution in [0.15, 0.2) is 16.6 Å². The van der Waals surface area contributed by atoms with Gasteiger partial charge in [0.2, 0.25) is 6.79 Å². The molecule has 4 nitrogen and oxygen atoms in total. The van der Waals surface area contributed by atoms with Crippen molar-refractivity contribution < 1.29 is 14.6 Å². The first-order valence-electron chi connectivity index (χ1n) is 5.53. The first-order chi connectivity index (χ1) is 8.00. The van der Waals surface area contributed by atoms with Crippen molar-refractivity contribution >= 4 is 15.9 Å². The fourth-order valence-corrected chi connectivity index (χ4v) is 2.37. The Morgan fingerprint density at radius 2 is 1.88 bits per heavy atom. The van der Waals surface area contributed by atoms with Crippen LogP contribution in [-0.4, -0.2) is 18.0 Å². The van der Waals surface area contributed by atoms with Crippen LogP contribution in [0.2, 0.25) is 0 Å². The smallest absolute Gasteiger partial charge is 0.231 e. The van der Waals surface area contributed by atoms with Gasteiger partial charge >= 0.3 is 0 Å². The molecule has 5 heteroatoms. The fourth-order valence-electron chi connectivity index (χ4n) is 1.79. The first-order valence-corrected chi connectivity index (χ1v) is 6.32. The molecule has 3 N–H and O–H groups in total. The summed E-state index contributed by atoms with van der Waals surface area (Å²) in [5.74, 6) is 1.48. The van der Waals surface area contributed by atoms with Crippen molar-refractivity contribution in [3.63, 3.8) is 0 Å². The molecule has 1 heterocycles. The van der Waals surface area contributed by atoms with Crippen LogP contribution in [-0.2, 0) is 0 Å². The maximum atomic E-state index is 10.0. The number of halogens is 1. The van der Waals surface area contributed by atoms with E-state index >= 15 is 0 Å². The van der Waals surface area contributed by atoms with Gasteiger partial charge in [0, 0.05) is 4.47 Å². The third-order valence-corrected chi connectivity index (χ3v) is 3.59. The van der Waals surface area contributed by atoms with Crippen LogP contribution >= 0.6 is 15.9 Å². The molecular weight excluding hydrogens is 286 g/mol. The number of rotatable bonds is 3. The van der Waals surface area contributed by atoms with Crippen LogP contribution in [0.5, 0.6) is 11.5 Å². The predicted octanol–water partition coefficient (Wildman–Crippen LogP) is 2.19. The molecule has 0 saturated heterocycles. The molecule has 0 spiro atoms. The maximum Gasteiger partial charge on any atom is 0.231 e. The highest BCUT2D eigenvalue weighted by molar-refractivity contribution is 9.10. The molecule has 0 fully saturated rings. The van der Waals surface area contributed by atoms with E-state index in [9.17, 15) is 5.11 Å². The lowest BCUT2D eigenvalue weighted by atomic mass is 9.94. The van der Waals surface area contributed by atoms with Crippen molar-refractivity contribution in [3.8, 4) is 11.5 Å². The van der Waals surface area contributed by atoms with Gasteiger partial charge in [0.1, 0.15) is 0 Å². The molecule has 17 heavy (non-hydrogen) atoms. The molecule has 0 aliphatic carbocycles. The number of aliphatic hydroxyl groups is 1. The number of hydrogen-bond acceptors (Lipinski definition) is 4. The molecular formula is C12H16BrNO3. The van der Waals surface area contributed by atoms with E-state index in [0.717, 1.165) is 10.0 Å². The largest absolute Gasteiger partial charge is 0.454 e. The van der Waals surface area contributed by atoms with Gasteiger partial charge in [0.15, 0.2) is 11.5 Å². The van der Waals surface area contributed by atoms with Gasteiger partial charge < -0.3 is 20.3 Å². The van der Waals surface area contributed by atoms with Crippen LogP contribution in [0.3, 0.4) is 0 Å². The molecule has 94 valence electrons. The van der Waals surface area contributed by atoms with Gasteiger partial charge in [-0.25, -0.2) is 0 Å². The Bertz CT molecular complexity index is 422. The van der Waals surface area contributed by atoms with Gasteiger partial charge in [0.25, 0.3) is 0 Å². The third kappa shape index (κ3) is 2.41. The normalized spacial score (nSPS) is 17.3. The van der Waals surface area contributed by atoms with Crippen molar-refractivity contribution in [2.75, 3.05) is 6.79 Å². The highest BCUT2D eigenvalue weighted by Crippen LogP contribution is 2.39. The molecule has 1 aromatic rings. The van der Waals surface area contributed by atoms with Gasteiger partial charge in [-0.2, -0.15) is 0 Å². The summed E-state index contributed by atoms with van der Waals surface area (Å²) in [7, 11) is 0. The number of hydrogen-bond donors (Lipinski definition) is 2. The summed E-state index contributed by atoms with van der Waals surface area (Å²) in [5, 5.41) is 10.0. The minimum Gasteiger partial charge on any atom is -0.454 e. The summed E-state index contributed by atoms with van der Waals surface area (Å²) in [6.45, 7) is 4.10. The molecule has 0 radical (unpaired) electrons. The Morgan fingerprint density at radius 3 is 2.47 bits per heavy atom. The summed E-state index contributed by atoms with van der Waals surface area (Å²) in [6.07, 6.45) is -0.591. The third-order valence-electron chi connectivity index (χ3n) is 2.90. The van der Waals surface area contributed by atoms with Crippen molar-refractivity contribution in [2.45, 2.75) is 26.0 Å². The Balaban J connectivity index is 2.32. The second kappa shape index (κ2) is 4.84. The quantitative estimate of drug-likeness (QED) is 0.898. The molecule has 2 atom stereocenters. The Morgan fingerprint density at radius 1 is 1.29 bits per heavy atom. The van der Waals surface area contributed by atoms with Crippen LogP contribution in [0, 0.1) is 5.92 Å². The summed E-state index contributed by atoms with van der Waals surface area (Å²) in [4.78, 5) is 0. The standard InChI is InChI=1S/C12H16BrNO3/c1-6(2)12(15)11(14)7-3-9-10(4-8(7)13)17-5-16-9/h3-4,6,11-12,15H,5,14H2,1-2H3/t11-,12+/m1/s1. The topological polar surface area (TPSA) is 64.7 Å². The predicted molar refractivity (Wildman–Crippen MR) is 68.0 cm³/mol. The maximum absolute atomic E-state index is 10.0.